The van der Waals surface area contributed by atoms with Gasteiger partial charge in [-0.05, 0) is 17.9 Å². The summed E-state index contributed by atoms with van der Waals surface area (Å²) in [7, 11) is 0. The summed E-state index contributed by atoms with van der Waals surface area (Å²) in [5.41, 5.74) is 8.37. The Kier molecular flexibility index (Phi) is 4.09. The van der Waals surface area contributed by atoms with Gasteiger partial charge in [0.1, 0.15) is 5.01 Å². The van der Waals surface area contributed by atoms with Gasteiger partial charge in [-0.1, -0.05) is 13.3 Å². The van der Waals surface area contributed by atoms with Gasteiger partial charge in [0, 0.05) is 28.8 Å². The number of hydrogen-bond donors (Lipinski definition) is 1. The maximum atomic E-state index is 6.01. The molecule has 0 radical (unpaired) electrons. The van der Waals surface area contributed by atoms with Gasteiger partial charge in [0.05, 0.1) is 5.69 Å². The minimum absolute atomic E-state index is 0.252. The van der Waals surface area contributed by atoms with Crippen molar-refractivity contribution in [3.05, 3.63) is 27.9 Å². The molecule has 0 aliphatic rings. The summed E-state index contributed by atoms with van der Waals surface area (Å²) in [5.74, 6) is 0. The fourth-order valence-corrected chi connectivity index (χ4v) is 3.21. The summed E-state index contributed by atoms with van der Waals surface area (Å²) < 4.78 is 0. The van der Waals surface area contributed by atoms with Gasteiger partial charge in [-0.15, -0.1) is 11.3 Å². The van der Waals surface area contributed by atoms with Crippen molar-refractivity contribution in [3.8, 4) is 10.6 Å². The van der Waals surface area contributed by atoms with Crippen LogP contribution in [-0.4, -0.2) is 11.0 Å². The summed E-state index contributed by atoms with van der Waals surface area (Å²) in [6.07, 6.45) is 3.11. The fraction of sp³-hybridized carbons (Fsp3) is 0.417. The monoisotopic (exact) mass is 252 g/mol. The summed E-state index contributed by atoms with van der Waals surface area (Å²) in [6.45, 7) is 2.16. The molecule has 0 spiro atoms. The van der Waals surface area contributed by atoms with E-state index in [0.717, 1.165) is 30.0 Å². The van der Waals surface area contributed by atoms with Crippen LogP contribution in [0.2, 0.25) is 0 Å². The molecule has 0 saturated carbocycles. The Morgan fingerprint density at radius 1 is 1.44 bits per heavy atom. The first-order chi connectivity index (χ1) is 7.79. The highest BCUT2D eigenvalue weighted by Gasteiger charge is 2.08. The lowest BCUT2D eigenvalue weighted by atomic mass is 10.1. The number of nitrogens with zero attached hydrogens (tertiary/aromatic N) is 1. The summed E-state index contributed by atoms with van der Waals surface area (Å²) in [5, 5.41) is 7.45. The molecule has 0 amide bonds. The zero-order valence-corrected chi connectivity index (χ0v) is 11.0. The van der Waals surface area contributed by atoms with E-state index >= 15 is 0 Å². The molecule has 0 aliphatic heterocycles. The lowest BCUT2D eigenvalue weighted by Gasteiger charge is -2.06. The van der Waals surface area contributed by atoms with Crippen molar-refractivity contribution in [2.24, 2.45) is 5.73 Å². The molecule has 1 unspecified atom stereocenters. The Morgan fingerprint density at radius 3 is 3.00 bits per heavy atom. The first-order valence-corrected chi connectivity index (χ1v) is 7.34. The van der Waals surface area contributed by atoms with Crippen molar-refractivity contribution in [1.29, 1.82) is 0 Å². The average Bonchev–Trinajstić information content (AvgIpc) is 2.86. The van der Waals surface area contributed by atoms with E-state index in [9.17, 15) is 0 Å². The maximum absolute atomic E-state index is 6.01. The normalized spacial score (nSPS) is 12.9. The zero-order valence-electron chi connectivity index (χ0n) is 9.35. The highest BCUT2D eigenvalue weighted by atomic mass is 32.1. The highest BCUT2D eigenvalue weighted by molar-refractivity contribution is 7.14. The third-order valence-electron chi connectivity index (χ3n) is 2.45. The molecule has 2 N–H and O–H groups in total. The molecule has 0 saturated heterocycles. The molecule has 1 atom stereocenters. The number of thiazole rings is 1. The minimum atomic E-state index is 0.252. The van der Waals surface area contributed by atoms with Crippen LogP contribution in [0, 0.1) is 0 Å². The second kappa shape index (κ2) is 5.57. The summed E-state index contributed by atoms with van der Waals surface area (Å²) >= 11 is 3.42. The summed E-state index contributed by atoms with van der Waals surface area (Å²) in [4.78, 5) is 4.62. The first kappa shape index (κ1) is 11.8. The Hall–Kier alpha value is -0.710. The molecule has 2 heterocycles. The van der Waals surface area contributed by atoms with Crippen molar-refractivity contribution < 1.29 is 0 Å². The predicted molar refractivity (Wildman–Crippen MR) is 72.0 cm³/mol. The summed E-state index contributed by atoms with van der Waals surface area (Å²) in [6, 6.07) is 2.36. The number of aromatic nitrogens is 1. The van der Waals surface area contributed by atoms with Gasteiger partial charge < -0.3 is 5.73 Å². The maximum Gasteiger partial charge on any atom is 0.124 e. The molecule has 86 valence electrons. The van der Waals surface area contributed by atoms with Crippen LogP contribution in [-0.2, 0) is 6.42 Å². The minimum Gasteiger partial charge on any atom is -0.327 e. The van der Waals surface area contributed by atoms with Gasteiger partial charge in [-0.2, -0.15) is 11.3 Å². The lowest BCUT2D eigenvalue weighted by molar-refractivity contribution is 0.595. The molecule has 4 heteroatoms. The molecule has 0 aliphatic carbocycles. The van der Waals surface area contributed by atoms with Gasteiger partial charge in [0.2, 0.25) is 0 Å². The average molecular weight is 252 g/mol. The van der Waals surface area contributed by atoms with E-state index in [4.69, 9.17) is 5.73 Å². The quantitative estimate of drug-likeness (QED) is 0.884. The predicted octanol–water partition coefficient (Wildman–Crippen LogP) is 3.54. The molecule has 2 aromatic rings. The van der Waals surface area contributed by atoms with Crippen molar-refractivity contribution in [2.45, 2.75) is 32.2 Å². The van der Waals surface area contributed by atoms with Gasteiger partial charge >= 0.3 is 0 Å². The third kappa shape index (κ3) is 2.90. The standard InChI is InChI=1S/C12H16N2S2/c1-2-3-10(13)6-11-8-16-12(14-11)9-4-5-15-7-9/h4-5,7-8,10H,2-3,6,13H2,1H3. The Bertz CT molecular complexity index is 420. The van der Waals surface area contributed by atoms with Crippen LogP contribution >= 0.6 is 22.7 Å². The van der Waals surface area contributed by atoms with Crippen LogP contribution in [0.5, 0.6) is 0 Å². The number of hydrogen-bond acceptors (Lipinski definition) is 4. The van der Waals surface area contributed by atoms with Crippen LogP contribution in [0.4, 0.5) is 0 Å². The molecule has 2 rings (SSSR count). The fourth-order valence-electron chi connectivity index (χ4n) is 1.66. The van der Waals surface area contributed by atoms with Crippen molar-refractivity contribution >= 4 is 22.7 Å². The molecular formula is C12H16N2S2. The second-order valence-electron chi connectivity index (χ2n) is 3.91. The molecule has 16 heavy (non-hydrogen) atoms. The smallest absolute Gasteiger partial charge is 0.124 e. The van der Waals surface area contributed by atoms with E-state index in [2.05, 4.69) is 34.1 Å². The van der Waals surface area contributed by atoms with Crippen LogP contribution in [0.15, 0.2) is 22.2 Å². The van der Waals surface area contributed by atoms with Crippen molar-refractivity contribution in [3.63, 3.8) is 0 Å². The molecule has 2 nitrogen and oxygen atoms in total. The third-order valence-corrected chi connectivity index (χ3v) is 4.07. The SMILES string of the molecule is CCCC(N)Cc1csc(-c2ccsc2)n1. The second-order valence-corrected chi connectivity index (χ2v) is 5.55. The molecule has 2 aromatic heterocycles. The van der Waals surface area contributed by atoms with E-state index < -0.39 is 0 Å². The van der Waals surface area contributed by atoms with E-state index in [-0.39, 0.29) is 6.04 Å². The molecule has 0 bridgehead atoms. The first-order valence-electron chi connectivity index (χ1n) is 5.52. The highest BCUT2D eigenvalue weighted by Crippen LogP contribution is 2.26. The van der Waals surface area contributed by atoms with Gasteiger partial charge in [-0.25, -0.2) is 4.98 Å². The van der Waals surface area contributed by atoms with E-state index in [1.807, 2.05) is 0 Å². The Morgan fingerprint density at radius 2 is 2.31 bits per heavy atom. The van der Waals surface area contributed by atoms with Crippen molar-refractivity contribution in [2.75, 3.05) is 0 Å². The van der Waals surface area contributed by atoms with Gasteiger partial charge in [-0.3, -0.25) is 0 Å². The number of thiophene rings is 1. The van der Waals surface area contributed by atoms with E-state index in [1.54, 1.807) is 22.7 Å². The molecular weight excluding hydrogens is 236 g/mol. The molecule has 0 aromatic carbocycles. The Labute approximate surface area is 104 Å². The van der Waals surface area contributed by atoms with E-state index in [1.165, 1.54) is 5.56 Å². The van der Waals surface area contributed by atoms with Crippen LogP contribution in [0.25, 0.3) is 10.6 Å². The Balaban J connectivity index is 2.03. The van der Waals surface area contributed by atoms with Gasteiger partial charge in [0.25, 0.3) is 0 Å². The number of nitrogens with two attached hydrogens (primary N) is 1. The number of rotatable bonds is 5. The van der Waals surface area contributed by atoms with Crippen LogP contribution in [0.1, 0.15) is 25.5 Å². The lowest BCUT2D eigenvalue weighted by Crippen LogP contribution is -2.22. The zero-order chi connectivity index (χ0) is 11.4. The topological polar surface area (TPSA) is 38.9 Å². The van der Waals surface area contributed by atoms with Crippen LogP contribution < -0.4 is 5.73 Å². The van der Waals surface area contributed by atoms with Crippen molar-refractivity contribution in [1.82, 2.24) is 4.98 Å². The van der Waals surface area contributed by atoms with E-state index in [0.29, 0.717) is 0 Å². The largest absolute Gasteiger partial charge is 0.327 e. The van der Waals surface area contributed by atoms with Crippen LogP contribution in [0.3, 0.4) is 0 Å². The molecule has 0 fully saturated rings. The van der Waals surface area contributed by atoms with Gasteiger partial charge in [0.15, 0.2) is 0 Å².